The van der Waals surface area contributed by atoms with E-state index in [1.165, 1.54) is 12.8 Å². The van der Waals surface area contributed by atoms with Gasteiger partial charge >= 0.3 is 0 Å². The smallest absolute Gasteiger partial charge is 0.162 e. The molecule has 0 heterocycles. The lowest BCUT2D eigenvalue weighted by Crippen LogP contribution is -2.11. The van der Waals surface area contributed by atoms with E-state index in [0.29, 0.717) is 6.10 Å². The molecule has 3 nitrogen and oxygen atoms in total. The Kier molecular flexibility index (Phi) is 3.79. The third-order valence-electron chi connectivity index (χ3n) is 4.02. The van der Waals surface area contributed by atoms with Crippen molar-refractivity contribution in [2.75, 3.05) is 7.11 Å². The Morgan fingerprint density at radius 2 is 1.95 bits per heavy atom. The number of rotatable bonds is 4. The van der Waals surface area contributed by atoms with Crippen LogP contribution in [0.4, 0.5) is 0 Å². The van der Waals surface area contributed by atoms with E-state index in [1.807, 2.05) is 30.3 Å². The number of aliphatic hydroxyl groups is 1. The molecule has 20 heavy (non-hydrogen) atoms. The maximum absolute atomic E-state index is 9.43. The summed E-state index contributed by atoms with van der Waals surface area (Å²) < 4.78 is 11.5. The summed E-state index contributed by atoms with van der Waals surface area (Å²) in [6.07, 6.45) is 5.04. The van der Waals surface area contributed by atoms with Crippen molar-refractivity contribution >= 4 is 10.8 Å². The molecule has 0 radical (unpaired) electrons. The second kappa shape index (κ2) is 5.71. The highest BCUT2D eigenvalue weighted by Crippen LogP contribution is 2.36. The van der Waals surface area contributed by atoms with E-state index in [1.54, 1.807) is 7.11 Å². The van der Waals surface area contributed by atoms with E-state index in [-0.39, 0.29) is 6.61 Å². The third kappa shape index (κ3) is 2.46. The standard InChI is InChI=1S/C17H20O3/c1-19-16-10-15-12(5-4-6-13(15)11-18)9-17(16)20-14-7-2-3-8-14/h4-6,9-10,14,18H,2-3,7-8,11H2,1H3. The minimum absolute atomic E-state index is 0.0311. The summed E-state index contributed by atoms with van der Waals surface area (Å²) in [7, 11) is 1.66. The van der Waals surface area contributed by atoms with Gasteiger partial charge in [0, 0.05) is 0 Å². The van der Waals surface area contributed by atoms with Crippen molar-refractivity contribution in [1.82, 2.24) is 0 Å². The molecule has 1 saturated carbocycles. The van der Waals surface area contributed by atoms with Gasteiger partial charge in [-0.15, -0.1) is 0 Å². The number of hydrogen-bond donors (Lipinski definition) is 1. The van der Waals surface area contributed by atoms with Crippen LogP contribution in [-0.2, 0) is 6.61 Å². The molecule has 0 aromatic heterocycles. The van der Waals surface area contributed by atoms with Crippen LogP contribution in [0.15, 0.2) is 30.3 Å². The molecule has 3 rings (SSSR count). The number of hydrogen-bond acceptors (Lipinski definition) is 3. The number of ether oxygens (including phenoxy) is 2. The van der Waals surface area contributed by atoms with E-state index < -0.39 is 0 Å². The maximum Gasteiger partial charge on any atom is 0.162 e. The van der Waals surface area contributed by atoms with Crippen LogP contribution in [0.3, 0.4) is 0 Å². The topological polar surface area (TPSA) is 38.7 Å². The quantitative estimate of drug-likeness (QED) is 0.923. The zero-order valence-electron chi connectivity index (χ0n) is 11.8. The van der Waals surface area contributed by atoms with Crippen LogP contribution >= 0.6 is 0 Å². The molecule has 1 aliphatic rings. The Labute approximate surface area is 119 Å². The molecule has 1 fully saturated rings. The molecule has 0 saturated heterocycles. The molecule has 1 aliphatic carbocycles. The Bertz CT molecular complexity index is 600. The average Bonchev–Trinajstić information content (AvgIpc) is 2.98. The zero-order valence-corrected chi connectivity index (χ0v) is 11.8. The SMILES string of the molecule is COc1cc2c(CO)cccc2cc1OC1CCCC1. The van der Waals surface area contributed by atoms with Gasteiger partial charge in [0.2, 0.25) is 0 Å². The Hall–Kier alpha value is -1.74. The Morgan fingerprint density at radius 1 is 1.15 bits per heavy atom. The summed E-state index contributed by atoms with van der Waals surface area (Å²) in [5, 5.41) is 11.5. The van der Waals surface area contributed by atoms with Gasteiger partial charge in [-0.2, -0.15) is 0 Å². The highest BCUT2D eigenvalue weighted by Gasteiger charge is 2.19. The van der Waals surface area contributed by atoms with Gasteiger partial charge in [-0.1, -0.05) is 18.2 Å². The predicted octanol–water partition coefficient (Wildman–Crippen LogP) is 3.66. The summed E-state index contributed by atoms with van der Waals surface area (Å²) >= 11 is 0. The molecule has 0 amide bonds. The molecule has 0 bridgehead atoms. The monoisotopic (exact) mass is 272 g/mol. The molecule has 0 aliphatic heterocycles. The van der Waals surface area contributed by atoms with Gasteiger partial charge in [-0.3, -0.25) is 0 Å². The Morgan fingerprint density at radius 3 is 2.65 bits per heavy atom. The van der Waals surface area contributed by atoms with Crippen LogP contribution in [0.1, 0.15) is 31.2 Å². The fraction of sp³-hybridized carbons (Fsp3) is 0.412. The average molecular weight is 272 g/mol. The second-order valence-corrected chi connectivity index (χ2v) is 5.32. The minimum Gasteiger partial charge on any atom is -0.493 e. The molecule has 0 spiro atoms. The number of fused-ring (bicyclic) bond motifs is 1. The highest BCUT2D eigenvalue weighted by molar-refractivity contribution is 5.89. The largest absolute Gasteiger partial charge is 0.493 e. The van der Waals surface area contributed by atoms with Crippen molar-refractivity contribution in [2.24, 2.45) is 0 Å². The first kappa shape index (κ1) is 13.3. The molecule has 106 valence electrons. The van der Waals surface area contributed by atoms with Gasteiger partial charge in [0.1, 0.15) is 0 Å². The number of benzene rings is 2. The van der Waals surface area contributed by atoms with Crippen molar-refractivity contribution in [3.05, 3.63) is 35.9 Å². The van der Waals surface area contributed by atoms with Crippen LogP contribution in [-0.4, -0.2) is 18.3 Å². The lowest BCUT2D eigenvalue weighted by Gasteiger charge is -2.17. The Balaban J connectivity index is 2.02. The van der Waals surface area contributed by atoms with E-state index in [2.05, 4.69) is 0 Å². The summed E-state index contributed by atoms with van der Waals surface area (Å²) in [6.45, 7) is 0.0311. The number of methoxy groups -OCH3 is 1. The van der Waals surface area contributed by atoms with Crippen molar-refractivity contribution < 1.29 is 14.6 Å². The first-order valence-electron chi connectivity index (χ1n) is 7.19. The highest BCUT2D eigenvalue weighted by atomic mass is 16.5. The summed E-state index contributed by atoms with van der Waals surface area (Å²) in [4.78, 5) is 0. The molecular weight excluding hydrogens is 252 g/mol. The molecule has 2 aromatic carbocycles. The molecule has 2 aromatic rings. The zero-order chi connectivity index (χ0) is 13.9. The second-order valence-electron chi connectivity index (χ2n) is 5.32. The van der Waals surface area contributed by atoms with Gasteiger partial charge in [0.25, 0.3) is 0 Å². The fourth-order valence-corrected chi connectivity index (χ4v) is 2.92. The van der Waals surface area contributed by atoms with E-state index in [9.17, 15) is 5.11 Å². The van der Waals surface area contributed by atoms with Crippen molar-refractivity contribution in [3.63, 3.8) is 0 Å². The van der Waals surface area contributed by atoms with Crippen molar-refractivity contribution in [2.45, 2.75) is 38.4 Å². The van der Waals surface area contributed by atoms with Crippen LogP contribution < -0.4 is 9.47 Å². The molecule has 1 N–H and O–H groups in total. The number of aliphatic hydroxyl groups excluding tert-OH is 1. The molecule has 0 unspecified atom stereocenters. The van der Waals surface area contributed by atoms with Gasteiger partial charge in [0.05, 0.1) is 19.8 Å². The van der Waals surface area contributed by atoms with E-state index in [4.69, 9.17) is 9.47 Å². The van der Waals surface area contributed by atoms with Crippen LogP contribution in [0.2, 0.25) is 0 Å². The minimum atomic E-state index is 0.0311. The molecular formula is C17H20O3. The molecule has 0 atom stereocenters. The van der Waals surface area contributed by atoms with Crippen LogP contribution in [0.25, 0.3) is 10.8 Å². The lowest BCUT2D eigenvalue weighted by atomic mass is 10.0. The normalized spacial score (nSPS) is 15.7. The summed E-state index contributed by atoms with van der Waals surface area (Å²) in [5.41, 5.74) is 0.910. The van der Waals surface area contributed by atoms with Gasteiger partial charge in [-0.05, 0) is 54.2 Å². The summed E-state index contributed by atoms with van der Waals surface area (Å²) in [5.74, 6) is 1.55. The lowest BCUT2D eigenvalue weighted by molar-refractivity contribution is 0.201. The van der Waals surface area contributed by atoms with Gasteiger partial charge in [0.15, 0.2) is 11.5 Å². The van der Waals surface area contributed by atoms with Crippen molar-refractivity contribution in [1.29, 1.82) is 0 Å². The summed E-state index contributed by atoms with van der Waals surface area (Å²) in [6, 6.07) is 9.91. The fourth-order valence-electron chi connectivity index (χ4n) is 2.92. The van der Waals surface area contributed by atoms with Crippen molar-refractivity contribution in [3.8, 4) is 11.5 Å². The third-order valence-corrected chi connectivity index (χ3v) is 4.02. The van der Waals surface area contributed by atoms with Gasteiger partial charge < -0.3 is 14.6 Å². The van der Waals surface area contributed by atoms with Crippen LogP contribution in [0.5, 0.6) is 11.5 Å². The van der Waals surface area contributed by atoms with E-state index >= 15 is 0 Å². The first-order chi connectivity index (χ1) is 9.81. The van der Waals surface area contributed by atoms with E-state index in [0.717, 1.165) is 40.7 Å². The van der Waals surface area contributed by atoms with Crippen LogP contribution in [0, 0.1) is 0 Å². The maximum atomic E-state index is 9.43. The molecule has 3 heteroatoms. The van der Waals surface area contributed by atoms with Gasteiger partial charge in [-0.25, -0.2) is 0 Å². The first-order valence-corrected chi connectivity index (χ1v) is 7.19. The predicted molar refractivity (Wildman–Crippen MR) is 79.3 cm³/mol.